The number of amides is 1. The highest BCUT2D eigenvalue weighted by molar-refractivity contribution is 5.98. The molecule has 0 fully saturated rings. The van der Waals surface area contributed by atoms with E-state index in [4.69, 9.17) is 14.2 Å². The predicted octanol–water partition coefficient (Wildman–Crippen LogP) is 3.41. The monoisotopic (exact) mass is 427 g/mol. The van der Waals surface area contributed by atoms with Gasteiger partial charge < -0.3 is 19.5 Å². The lowest BCUT2D eigenvalue weighted by molar-refractivity contribution is -0.142. The molecule has 0 radical (unpaired) electrons. The SMILES string of the molecule is CCOC(=O)c1ccc(NC(=O)CCCC(=O)OCC(=O)c2cccc(OC)c2)cc1. The number of hydrogen-bond donors (Lipinski definition) is 1. The molecule has 2 aromatic rings. The van der Waals surface area contributed by atoms with Gasteiger partial charge in [0.2, 0.25) is 5.91 Å². The Hall–Kier alpha value is -3.68. The predicted molar refractivity (Wildman–Crippen MR) is 113 cm³/mol. The van der Waals surface area contributed by atoms with Gasteiger partial charge in [0.05, 0.1) is 19.3 Å². The van der Waals surface area contributed by atoms with Crippen LogP contribution in [0.2, 0.25) is 0 Å². The second-order valence-corrected chi connectivity index (χ2v) is 6.52. The first kappa shape index (κ1) is 23.6. The molecule has 31 heavy (non-hydrogen) atoms. The Labute approximate surface area is 180 Å². The van der Waals surface area contributed by atoms with E-state index < -0.39 is 11.9 Å². The summed E-state index contributed by atoms with van der Waals surface area (Å²) in [6, 6.07) is 12.9. The molecule has 0 bridgehead atoms. The molecule has 1 N–H and O–H groups in total. The molecule has 0 saturated carbocycles. The summed E-state index contributed by atoms with van der Waals surface area (Å²) in [6.45, 7) is 1.64. The number of anilines is 1. The number of rotatable bonds is 11. The van der Waals surface area contributed by atoms with Crippen molar-refractivity contribution < 1.29 is 33.4 Å². The van der Waals surface area contributed by atoms with Crippen molar-refractivity contribution in [3.8, 4) is 5.75 Å². The lowest BCUT2D eigenvalue weighted by Gasteiger charge is -2.07. The Bertz CT molecular complexity index is 922. The fourth-order valence-corrected chi connectivity index (χ4v) is 2.62. The third-order valence-electron chi connectivity index (χ3n) is 4.22. The van der Waals surface area contributed by atoms with Crippen LogP contribution in [0.25, 0.3) is 0 Å². The topological polar surface area (TPSA) is 108 Å². The maximum absolute atomic E-state index is 12.1. The van der Waals surface area contributed by atoms with Crippen LogP contribution in [0.1, 0.15) is 46.9 Å². The molecular formula is C23H25NO7. The molecule has 0 aliphatic rings. The average molecular weight is 427 g/mol. The number of carbonyl (C=O) groups is 4. The van der Waals surface area contributed by atoms with Crippen molar-refractivity contribution in [2.75, 3.05) is 25.6 Å². The largest absolute Gasteiger partial charge is 0.497 e. The average Bonchev–Trinajstić information content (AvgIpc) is 2.78. The number of ether oxygens (including phenoxy) is 3. The van der Waals surface area contributed by atoms with Crippen LogP contribution < -0.4 is 10.1 Å². The number of esters is 2. The highest BCUT2D eigenvalue weighted by atomic mass is 16.5. The number of Topliss-reactive ketones (excluding diaryl/α,β-unsaturated/α-hetero) is 1. The Morgan fingerprint density at radius 3 is 2.32 bits per heavy atom. The zero-order valence-electron chi connectivity index (χ0n) is 17.5. The first-order chi connectivity index (χ1) is 14.9. The number of carbonyl (C=O) groups excluding carboxylic acids is 4. The molecule has 1 amide bonds. The first-order valence-electron chi connectivity index (χ1n) is 9.82. The van der Waals surface area contributed by atoms with Crippen molar-refractivity contribution in [2.24, 2.45) is 0 Å². The van der Waals surface area contributed by atoms with Crippen molar-refractivity contribution in [3.05, 3.63) is 59.7 Å². The van der Waals surface area contributed by atoms with Crippen LogP contribution in [0, 0.1) is 0 Å². The van der Waals surface area contributed by atoms with Gasteiger partial charge in [-0.2, -0.15) is 0 Å². The molecule has 0 aromatic heterocycles. The lowest BCUT2D eigenvalue weighted by Crippen LogP contribution is -2.15. The lowest BCUT2D eigenvalue weighted by atomic mass is 10.1. The van der Waals surface area contributed by atoms with Crippen LogP contribution in [-0.4, -0.2) is 44.0 Å². The fourth-order valence-electron chi connectivity index (χ4n) is 2.62. The van der Waals surface area contributed by atoms with E-state index in [-0.39, 0.29) is 44.2 Å². The number of ketones is 1. The molecule has 0 spiro atoms. The zero-order chi connectivity index (χ0) is 22.6. The van der Waals surface area contributed by atoms with Gasteiger partial charge in [0.1, 0.15) is 5.75 Å². The summed E-state index contributed by atoms with van der Waals surface area (Å²) in [5.41, 5.74) is 1.32. The third-order valence-corrected chi connectivity index (χ3v) is 4.22. The highest BCUT2D eigenvalue weighted by Crippen LogP contribution is 2.14. The Morgan fingerprint density at radius 2 is 1.65 bits per heavy atom. The smallest absolute Gasteiger partial charge is 0.338 e. The molecule has 2 aromatic carbocycles. The highest BCUT2D eigenvalue weighted by Gasteiger charge is 2.12. The normalized spacial score (nSPS) is 10.1. The van der Waals surface area contributed by atoms with Gasteiger partial charge in [-0.05, 0) is 49.7 Å². The van der Waals surface area contributed by atoms with E-state index in [1.807, 2.05) is 0 Å². The minimum atomic E-state index is -0.553. The Kier molecular flexibility index (Phi) is 9.22. The molecule has 0 aliphatic carbocycles. The van der Waals surface area contributed by atoms with Gasteiger partial charge in [-0.1, -0.05) is 12.1 Å². The molecular weight excluding hydrogens is 402 g/mol. The van der Waals surface area contributed by atoms with Crippen LogP contribution in [0.4, 0.5) is 5.69 Å². The Morgan fingerprint density at radius 1 is 0.903 bits per heavy atom. The van der Waals surface area contributed by atoms with Gasteiger partial charge in [0.15, 0.2) is 12.4 Å². The van der Waals surface area contributed by atoms with Crippen molar-refractivity contribution in [1.82, 2.24) is 0 Å². The van der Waals surface area contributed by atoms with Gasteiger partial charge in [-0.3, -0.25) is 14.4 Å². The Balaban J connectivity index is 1.68. The number of hydrogen-bond acceptors (Lipinski definition) is 7. The van der Waals surface area contributed by atoms with Crippen LogP contribution in [0.5, 0.6) is 5.75 Å². The zero-order valence-corrected chi connectivity index (χ0v) is 17.5. The summed E-state index contributed by atoms with van der Waals surface area (Å²) >= 11 is 0. The van der Waals surface area contributed by atoms with Gasteiger partial charge >= 0.3 is 11.9 Å². The van der Waals surface area contributed by atoms with E-state index in [1.54, 1.807) is 55.5 Å². The van der Waals surface area contributed by atoms with E-state index in [0.29, 0.717) is 22.6 Å². The van der Waals surface area contributed by atoms with Crippen LogP contribution in [0.3, 0.4) is 0 Å². The van der Waals surface area contributed by atoms with E-state index in [9.17, 15) is 19.2 Å². The van der Waals surface area contributed by atoms with E-state index in [1.165, 1.54) is 7.11 Å². The maximum atomic E-state index is 12.1. The summed E-state index contributed by atoms with van der Waals surface area (Å²) in [6.07, 6.45) is 0.401. The second-order valence-electron chi connectivity index (χ2n) is 6.52. The minimum Gasteiger partial charge on any atom is -0.497 e. The summed E-state index contributed by atoms with van der Waals surface area (Å²) in [5.74, 6) is -1.05. The summed E-state index contributed by atoms with van der Waals surface area (Å²) < 4.78 is 14.9. The van der Waals surface area contributed by atoms with E-state index in [2.05, 4.69) is 5.32 Å². The number of methoxy groups -OCH3 is 1. The van der Waals surface area contributed by atoms with Gasteiger partial charge in [0, 0.05) is 24.1 Å². The molecule has 0 heterocycles. The molecule has 0 aliphatic heterocycles. The van der Waals surface area contributed by atoms with Gasteiger partial charge in [-0.25, -0.2) is 4.79 Å². The molecule has 0 saturated heterocycles. The molecule has 2 rings (SSSR count). The van der Waals surface area contributed by atoms with Gasteiger partial charge in [-0.15, -0.1) is 0 Å². The summed E-state index contributed by atoms with van der Waals surface area (Å²) in [5, 5.41) is 2.69. The number of benzene rings is 2. The first-order valence-corrected chi connectivity index (χ1v) is 9.82. The molecule has 8 heteroatoms. The molecule has 0 atom stereocenters. The van der Waals surface area contributed by atoms with E-state index in [0.717, 1.165) is 0 Å². The van der Waals surface area contributed by atoms with Crippen molar-refractivity contribution in [2.45, 2.75) is 26.2 Å². The molecule has 164 valence electrons. The van der Waals surface area contributed by atoms with E-state index >= 15 is 0 Å². The maximum Gasteiger partial charge on any atom is 0.338 e. The van der Waals surface area contributed by atoms with Crippen molar-refractivity contribution >= 4 is 29.3 Å². The number of nitrogens with one attached hydrogen (secondary N) is 1. The van der Waals surface area contributed by atoms with Crippen molar-refractivity contribution in [3.63, 3.8) is 0 Å². The standard InChI is InChI=1S/C23H25NO7/c1-3-30-23(28)16-10-12-18(13-11-16)24-21(26)8-5-9-22(27)31-15-20(25)17-6-4-7-19(14-17)29-2/h4,6-7,10-14H,3,5,8-9,15H2,1-2H3,(H,24,26). The quantitative estimate of drug-likeness (QED) is 0.432. The summed E-state index contributed by atoms with van der Waals surface area (Å²) in [4.78, 5) is 47.5. The molecule has 0 unspecified atom stereocenters. The van der Waals surface area contributed by atoms with Crippen LogP contribution in [0.15, 0.2) is 48.5 Å². The second kappa shape index (κ2) is 12.1. The van der Waals surface area contributed by atoms with Crippen LogP contribution >= 0.6 is 0 Å². The van der Waals surface area contributed by atoms with Crippen LogP contribution in [-0.2, 0) is 19.1 Å². The molecule has 8 nitrogen and oxygen atoms in total. The van der Waals surface area contributed by atoms with Gasteiger partial charge in [0.25, 0.3) is 0 Å². The third kappa shape index (κ3) is 7.93. The minimum absolute atomic E-state index is 0.0145. The van der Waals surface area contributed by atoms with Crippen molar-refractivity contribution in [1.29, 1.82) is 0 Å². The summed E-state index contributed by atoms with van der Waals surface area (Å²) in [7, 11) is 1.50. The fraction of sp³-hybridized carbons (Fsp3) is 0.304.